The van der Waals surface area contributed by atoms with Gasteiger partial charge in [0.25, 0.3) is 11.8 Å². The van der Waals surface area contributed by atoms with Crippen LogP contribution in [-0.4, -0.2) is 59.2 Å². The normalized spacial score (nSPS) is 18.2. The molecular formula is C28H30N6O2S. The van der Waals surface area contributed by atoms with Crippen molar-refractivity contribution < 1.29 is 9.59 Å². The number of amides is 2. The second-order valence-corrected chi connectivity index (χ2v) is 10.7. The lowest BCUT2D eigenvalue weighted by molar-refractivity contribution is 0.0735. The van der Waals surface area contributed by atoms with E-state index >= 15 is 0 Å². The molecule has 2 aliphatic rings. The molecule has 1 saturated heterocycles. The molecule has 2 amide bonds. The number of fused-ring (bicyclic) bond motifs is 1. The molecule has 0 bridgehead atoms. The average Bonchev–Trinajstić information content (AvgIpc) is 3.56. The van der Waals surface area contributed by atoms with Gasteiger partial charge >= 0.3 is 0 Å². The van der Waals surface area contributed by atoms with Crippen LogP contribution in [0.1, 0.15) is 67.2 Å². The Balaban J connectivity index is 1.33. The smallest absolute Gasteiger partial charge is 0.257 e. The fourth-order valence-corrected chi connectivity index (χ4v) is 6.16. The molecule has 9 heteroatoms. The van der Waals surface area contributed by atoms with Gasteiger partial charge < -0.3 is 20.6 Å². The summed E-state index contributed by atoms with van der Waals surface area (Å²) in [6.45, 7) is 2.47. The van der Waals surface area contributed by atoms with Gasteiger partial charge in [0.1, 0.15) is 0 Å². The van der Waals surface area contributed by atoms with Crippen LogP contribution in [0.15, 0.2) is 48.5 Å². The number of anilines is 1. The van der Waals surface area contributed by atoms with Gasteiger partial charge in [0, 0.05) is 54.5 Å². The molecule has 37 heavy (non-hydrogen) atoms. The first kappa shape index (κ1) is 25.0. The number of thiazole rings is 1. The number of hydrogen-bond donors (Lipinski definition) is 3. The number of benzene rings is 2. The van der Waals surface area contributed by atoms with Crippen LogP contribution in [0.5, 0.6) is 0 Å². The average molecular weight is 515 g/mol. The van der Waals surface area contributed by atoms with Crippen LogP contribution in [0.2, 0.25) is 0 Å². The van der Waals surface area contributed by atoms with Crippen LogP contribution in [0, 0.1) is 10.8 Å². The van der Waals surface area contributed by atoms with E-state index in [0.29, 0.717) is 22.8 Å². The maximum absolute atomic E-state index is 13.5. The Morgan fingerprint density at radius 1 is 1.11 bits per heavy atom. The van der Waals surface area contributed by atoms with Crippen molar-refractivity contribution in [2.75, 3.05) is 25.5 Å². The highest BCUT2D eigenvalue weighted by molar-refractivity contribution is 7.15. The maximum Gasteiger partial charge on any atom is 0.257 e. The maximum atomic E-state index is 13.5. The van der Waals surface area contributed by atoms with E-state index in [1.165, 1.54) is 28.6 Å². The lowest BCUT2D eigenvalue weighted by Crippen LogP contribution is -2.30. The molecule has 1 aromatic heterocycles. The third kappa shape index (κ3) is 5.23. The Kier molecular flexibility index (Phi) is 7.25. The van der Waals surface area contributed by atoms with Crippen LogP contribution < -0.4 is 5.32 Å². The molecule has 0 radical (unpaired) electrons. The largest absolute Gasteiger partial charge is 0.332 e. The van der Waals surface area contributed by atoms with E-state index in [1.54, 1.807) is 24.3 Å². The van der Waals surface area contributed by atoms with E-state index in [4.69, 9.17) is 10.8 Å². The zero-order valence-corrected chi connectivity index (χ0v) is 21.6. The van der Waals surface area contributed by atoms with Gasteiger partial charge in [-0.05, 0) is 55.3 Å². The third-order valence-corrected chi connectivity index (χ3v) is 8.07. The predicted octanol–water partition coefficient (Wildman–Crippen LogP) is 4.74. The van der Waals surface area contributed by atoms with Crippen molar-refractivity contribution in [3.8, 4) is 0 Å². The van der Waals surface area contributed by atoms with E-state index in [0.717, 1.165) is 49.2 Å². The Morgan fingerprint density at radius 3 is 2.70 bits per heavy atom. The van der Waals surface area contributed by atoms with Gasteiger partial charge in [-0.1, -0.05) is 24.3 Å². The molecule has 1 atom stereocenters. The summed E-state index contributed by atoms with van der Waals surface area (Å²) in [6, 6.07) is 14.6. The van der Waals surface area contributed by atoms with Gasteiger partial charge in [-0.25, -0.2) is 4.98 Å². The molecular weight excluding hydrogens is 484 g/mol. The van der Waals surface area contributed by atoms with Crippen LogP contribution in [0.3, 0.4) is 0 Å². The van der Waals surface area contributed by atoms with E-state index in [1.807, 2.05) is 29.2 Å². The highest BCUT2D eigenvalue weighted by Crippen LogP contribution is 2.34. The summed E-state index contributed by atoms with van der Waals surface area (Å²) < 4.78 is 0. The van der Waals surface area contributed by atoms with Crippen LogP contribution in [-0.2, 0) is 13.0 Å². The third-order valence-electron chi connectivity index (χ3n) is 7.07. The zero-order chi connectivity index (χ0) is 25.9. The minimum absolute atomic E-state index is 0.0775. The molecule has 3 aromatic rings. The van der Waals surface area contributed by atoms with Gasteiger partial charge in [0.15, 0.2) is 5.13 Å². The van der Waals surface area contributed by atoms with Crippen molar-refractivity contribution in [1.82, 2.24) is 14.8 Å². The fraction of sp³-hybridized carbons (Fsp3) is 0.321. The highest BCUT2D eigenvalue weighted by Gasteiger charge is 2.31. The molecule has 8 nitrogen and oxygen atoms in total. The quantitative estimate of drug-likeness (QED) is 0.395. The molecule has 0 aliphatic carbocycles. The summed E-state index contributed by atoms with van der Waals surface area (Å²) in [5.74, 6) is -0.720. The molecule has 0 saturated carbocycles. The number of aromatic nitrogens is 1. The van der Waals surface area contributed by atoms with Crippen molar-refractivity contribution >= 4 is 40.7 Å². The van der Waals surface area contributed by atoms with E-state index in [9.17, 15) is 9.59 Å². The molecule has 5 rings (SSSR count). The monoisotopic (exact) mass is 514 g/mol. The fourth-order valence-electron chi connectivity index (χ4n) is 5.07. The van der Waals surface area contributed by atoms with Crippen molar-refractivity contribution in [2.24, 2.45) is 0 Å². The topological polar surface area (TPSA) is 113 Å². The number of nitrogens with zero attached hydrogens (tertiary/aromatic N) is 3. The number of carbonyl (C=O) groups excluding carboxylic acids is 2. The second-order valence-electron chi connectivity index (χ2n) is 9.60. The van der Waals surface area contributed by atoms with E-state index < -0.39 is 5.92 Å². The van der Waals surface area contributed by atoms with Crippen LogP contribution in [0.25, 0.3) is 0 Å². The first-order valence-corrected chi connectivity index (χ1v) is 13.3. The van der Waals surface area contributed by atoms with Crippen LogP contribution >= 0.6 is 11.3 Å². The SMILES string of the molecule is CN1CCc2nc(NC(=O)c3cccc(C4CCCN4C(=O)c4cccc(C(C=N)C=N)c4)c3)sc2C1. The summed E-state index contributed by atoms with van der Waals surface area (Å²) >= 11 is 1.53. The molecule has 2 aromatic carbocycles. The van der Waals surface area contributed by atoms with Gasteiger partial charge in [-0.3, -0.25) is 14.9 Å². The number of hydrogen-bond acceptors (Lipinski definition) is 7. The molecule has 3 heterocycles. The number of carbonyl (C=O) groups is 2. The number of likely N-dealkylation sites (N-methyl/N-ethyl adjacent to an activating group) is 1. The van der Waals surface area contributed by atoms with Crippen molar-refractivity contribution in [1.29, 1.82) is 10.8 Å². The van der Waals surface area contributed by atoms with E-state index in [2.05, 4.69) is 22.2 Å². The Bertz CT molecular complexity index is 1340. The Morgan fingerprint density at radius 2 is 1.89 bits per heavy atom. The molecule has 1 fully saturated rings. The minimum atomic E-state index is -0.443. The molecule has 2 aliphatic heterocycles. The summed E-state index contributed by atoms with van der Waals surface area (Å²) in [6.07, 6.45) is 5.00. The highest BCUT2D eigenvalue weighted by atomic mass is 32.1. The van der Waals surface area contributed by atoms with Crippen molar-refractivity contribution in [2.45, 2.75) is 37.8 Å². The molecule has 1 unspecified atom stereocenters. The summed E-state index contributed by atoms with van der Waals surface area (Å²) in [5.41, 5.74) is 3.85. The first-order valence-electron chi connectivity index (χ1n) is 12.5. The molecule has 3 N–H and O–H groups in total. The Hall–Kier alpha value is -3.69. The number of likely N-dealkylation sites (tertiary alicyclic amines) is 1. The van der Waals surface area contributed by atoms with Gasteiger partial charge in [0.2, 0.25) is 0 Å². The Labute approximate surface area is 220 Å². The molecule has 0 spiro atoms. The first-order chi connectivity index (χ1) is 18.0. The summed E-state index contributed by atoms with van der Waals surface area (Å²) in [4.78, 5) is 36.5. The number of nitrogens with one attached hydrogen (secondary N) is 3. The summed E-state index contributed by atoms with van der Waals surface area (Å²) in [7, 11) is 2.09. The van der Waals surface area contributed by atoms with Gasteiger partial charge in [-0.2, -0.15) is 0 Å². The van der Waals surface area contributed by atoms with E-state index in [-0.39, 0.29) is 17.9 Å². The minimum Gasteiger partial charge on any atom is -0.332 e. The van der Waals surface area contributed by atoms with Crippen molar-refractivity contribution in [3.63, 3.8) is 0 Å². The predicted molar refractivity (Wildman–Crippen MR) is 146 cm³/mol. The van der Waals surface area contributed by atoms with Crippen LogP contribution in [0.4, 0.5) is 5.13 Å². The van der Waals surface area contributed by atoms with Gasteiger partial charge in [-0.15, -0.1) is 11.3 Å². The lowest BCUT2D eigenvalue weighted by atomic mass is 9.98. The lowest BCUT2D eigenvalue weighted by Gasteiger charge is -2.26. The zero-order valence-electron chi connectivity index (χ0n) is 20.7. The van der Waals surface area contributed by atoms with Crippen molar-refractivity contribution in [3.05, 3.63) is 81.4 Å². The number of rotatable bonds is 7. The second kappa shape index (κ2) is 10.7. The van der Waals surface area contributed by atoms with Gasteiger partial charge in [0.05, 0.1) is 17.7 Å². The summed E-state index contributed by atoms with van der Waals surface area (Å²) in [5, 5.41) is 18.7. The molecule has 190 valence electrons. The standard InChI is InChI=1S/C28H30N6O2S/c1-33-12-10-23-25(17-33)37-28(31-23)32-26(35)20-7-3-6-19(14-20)24-9-4-11-34(24)27(36)21-8-2-5-18(13-21)22(15-29)16-30/h2-3,5-8,13-16,22,24,29-30H,4,9-12,17H2,1H3,(H,31,32,35).